The van der Waals surface area contributed by atoms with Crippen LogP contribution in [0.15, 0.2) is 24.3 Å². The SMILES string of the molecule is COCC(O)CCNC(=O)Nc1ccccc1F. The molecule has 1 aromatic rings. The van der Waals surface area contributed by atoms with Crippen molar-refractivity contribution in [3.63, 3.8) is 0 Å². The molecule has 1 unspecified atom stereocenters. The largest absolute Gasteiger partial charge is 0.391 e. The van der Waals surface area contributed by atoms with E-state index >= 15 is 0 Å². The molecule has 0 bridgehead atoms. The van der Waals surface area contributed by atoms with E-state index < -0.39 is 18.0 Å². The molecule has 0 fully saturated rings. The molecule has 0 aliphatic heterocycles. The number of hydrogen-bond donors (Lipinski definition) is 3. The zero-order valence-electron chi connectivity index (χ0n) is 10.1. The smallest absolute Gasteiger partial charge is 0.319 e. The van der Waals surface area contributed by atoms with Crippen LogP contribution in [0.5, 0.6) is 0 Å². The second kappa shape index (κ2) is 7.62. The number of amides is 2. The maximum Gasteiger partial charge on any atom is 0.319 e. The fourth-order valence-electron chi connectivity index (χ4n) is 1.36. The molecule has 3 N–H and O–H groups in total. The van der Waals surface area contributed by atoms with Crippen LogP contribution >= 0.6 is 0 Å². The van der Waals surface area contributed by atoms with Crippen LogP contribution in [0.2, 0.25) is 0 Å². The third kappa shape index (κ3) is 5.11. The summed E-state index contributed by atoms with van der Waals surface area (Å²) >= 11 is 0. The predicted octanol–water partition coefficient (Wildman–Crippen LogP) is 1.34. The van der Waals surface area contributed by atoms with Gasteiger partial charge in [-0.05, 0) is 18.6 Å². The second-order valence-electron chi connectivity index (χ2n) is 3.76. The molecule has 2 amide bonds. The molecular weight excluding hydrogens is 239 g/mol. The Labute approximate surface area is 105 Å². The highest BCUT2D eigenvalue weighted by Gasteiger charge is 2.07. The van der Waals surface area contributed by atoms with Gasteiger partial charge in [-0.3, -0.25) is 0 Å². The molecule has 1 atom stereocenters. The first-order chi connectivity index (χ1) is 8.63. The number of carbonyl (C=O) groups is 1. The number of hydrogen-bond acceptors (Lipinski definition) is 3. The number of ether oxygens (including phenoxy) is 1. The van der Waals surface area contributed by atoms with Gasteiger partial charge in [0.2, 0.25) is 0 Å². The lowest BCUT2D eigenvalue weighted by Crippen LogP contribution is -2.32. The first-order valence-electron chi connectivity index (χ1n) is 5.60. The van der Waals surface area contributed by atoms with Crippen LogP contribution in [0.1, 0.15) is 6.42 Å². The lowest BCUT2D eigenvalue weighted by molar-refractivity contribution is 0.0599. The van der Waals surface area contributed by atoms with Crippen LogP contribution < -0.4 is 10.6 Å². The Morgan fingerprint density at radius 1 is 1.50 bits per heavy atom. The minimum absolute atomic E-state index is 0.118. The van der Waals surface area contributed by atoms with E-state index in [0.717, 1.165) is 0 Å². The number of rotatable bonds is 6. The number of para-hydroxylation sites is 1. The number of carbonyl (C=O) groups excluding carboxylic acids is 1. The van der Waals surface area contributed by atoms with Crippen molar-refractivity contribution in [2.45, 2.75) is 12.5 Å². The Kier molecular flexibility index (Phi) is 6.10. The van der Waals surface area contributed by atoms with Crippen LogP contribution in [0, 0.1) is 5.82 Å². The number of aliphatic hydroxyl groups is 1. The predicted molar refractivity (Wildman–Crippen MR) is 65.9 cm³/mol. The fourth-order valence-corrected chi connectivity index (χ4v) is 1.36. The van der Waals surface area contributed by atoms with Gasteiger partial charge in [0.25, 0.3) is 0 Å². The van der Waals surface area contributed by atoms with Gasteiger partial charge in [-0.2, -0.15) is 0 Å². The van der Waals surface area contributed by atoms with Crippen LogP contribution in [0.3, 0.4) is 0 Å². The van der Waals surface area contributed by atoms with E-state index in [0.29, 0.717) is 6.42 Å². The van der Waals surface area contributed by atoms with Gasteiger partial charge in [0.05, 0.1) is 18.4 Å². The number of methoxy groups -OCH3 is 1. The summed E-state index contributed by atoms with van der Waals surface area (Å²) in [6, 6.07) is 5.39. The lowest BCUT2D eigenvalue weighted by Gasteiger charge is -2.11. The van der Waals surface area contributed by atoms with Gasteiger partial charge in [0.15, 0.2) is 0 Å². The van der Waals surface area contributed by atoms with Crippen LogP contribution in [-0.2, 0) is 4.74 Å². The quantitative estimate of drug-likeness (QED) is 0.719. The molecule has 0 saturated carbocycles. The third-order valence-corrected chi connectivity index (χ3v) is 2.24. The van der Waals surface area contributed by atoms with Gasteiger partial charge in [-0.15, -0.1) is 0 Å². The van der Waals surface area contributed by atoms with Gasteiger partial charge in [0.1, 0.15) is 5.82 Å². The fraction of sp³-hybridized carbons (Fsp3) is 0.417. The molecule has 0 radical (unpaired) electrons. The molecule has 5 nitrogen and oxygen atoms in total. The first-order valence-corrected chi connectivity index (χ1v) is 5.60. The molecule has 100 valence electrons. The minimum Gasteiger partial charge on any atom is -0.391 e. The van der Waals surface area contributed by atoms with Crippen molar-refractivity contribution in [3.8, 4) is 0 Å². The Morgan fingerprint density at radius 2 is 2.22 bits per heavy atom. The Bertz CT molecular complexity index is 387. The van der Waals surface area contributed by atoms with Crippen LogP contribution in [0.4, 0.5) is 14.9 Å². The van der Waals surface area contributed by atoms with Gasteiger partial charge < -0.3 is 20.5 Å². The van der Waals surface area contributed by atoms with E-state index in [2.05, 4.69) is 10.6 Å². The van der Waals surface area contributed by atoms with Crippen molar-refractivity contribution in [3.05, 3.63) is 30.1 Å². The number of anilines is 1. The summed E-state index contributed by atoms with van der Waals surface area (Å²) in [5.74, 6) is -0.493. The van der Waals surface area contributed by atoms with Crippen molar-refractivity contribution in [2.75, 3.05) is 25.6 Å². The number of nitrogens with one attached hydrogen (secondary N) is 2. The average Bonchev–Trinajstić information content (AvgIpc) is 2.32. The summed E-state index contributed by atoms with van der Waals surface area (Å²) in [6.45, 7) is 0.501. The summed E-state index contributed by atoms with van der Waals surface area (Å²) in [7, 11) is 1.49. The summed E-state index contributed by atoms with van der Waals surface area (Å²) in [5, 5.41) is 14.2. The summed E-state index contributed by atoms with van der Waals surface area (Å²) < 4.78 is 17.9. The van der Waals surface area contributed by atoms with Crippen molar-refractivity contribution in [2.24, 2.45) is 0 Å². The van der Waals surface area contributed by atoms with Crippen molar-refractivity contribution < 1.29 is 19.0 Å². The standard InChI is InChI=1S/C12H17FN2O3/c1-18-8-9(16)6-7-14-12(17)15-11-5-3-2-4-10(11)13/h2-5,9,16H,6-8H2,1H3,(H2,14,15,17). The normalized spacial score (nSPS) is 11.9. The maximum atomic E-state index is 13.2. The van der Waals surface area contributed by atoms with Gasteiger partial charge in [0, 0.05) is 13.7 Å². The lowest BCUT2D eigenvalue weighted by atomic mass is 10.2. The summed E-state index contributed by atoms with van der Waals surface area (Å²) in [5.41, 5.74) is 0.118. The molecule has 1 aromatic carbocycles. The molecular formula is C12H17FN2O3. The van der Waals surface area contributed by atoms with E-state index in [1.165, 1.54) is 19.2 Å². The van der Waals surface area contributed by atoms with Crippen molar-refractivity contribution in [1.29, 1.82) is 0 Å². The molecule has 0 saturated heterocycles. The molecule has 0 aliphatic rings. The molecule has 0 spiro atoms. The van der Waals surface area contributed by atoms with E-state index in [-0.39, 0.29) is 18.8 Å². The molecule has 1 rings (SSSR count). The number of benzene rings is 1. The zero-order chi connectivity index (χ0) is 13.4. The second-order valence-corrected chi connectivity index (χ2v) is 3.76. The molecule has 0 aromatic heterocycles. The number of urea groups is 1. The summed E-state index contributed by atoms with van der Waals surface area (Å²) in [4.78, 5) is 11.4. The number of halogens is 1. The molecule has 0 heterocycles. The first kappa shape index (κ1) is 14.4. The topological polar surface area (TPSA) is 70.6 Å². The van der Waals surface area contributed by atoms with Crippen LogP contribution in [0.25, 0.3) is 0 Å². The van der Waals surface area contributed by atoms with E-state index in [1.807, 2.05) is 0 Å². The highest BCUT2D eigenvalue weighted by atomic mass is 19.1. The van der Waals surface area contributed by atoms with E-state index in [9.17, 15) is 14.3 Å². The average molecular weight is 256 g/mol. The van der Waals surface area contributed by atoms with Crippen molar-refractivity contribution >= 4 is 11.7 Å². The Morgan fingerprint density at radius 3 is 2.89 bits per heavy atom. The van der Waals surface area contributed by atoms with Crippen LogP contribution in [-0.4, -0.2) is 37.5 Å². The summed E-state index contributed by atoms with van der Waals surface area (Å²) in [6.07, 6.45) is -0.248. The molecule has 0 aliphatic carbocycles. The zero-order valence-corrected chi connectivity index (χ0v) is 10.1. The van der Waals surface area contributed by atoms with E-state index in [4.69, 9.17) is 4.74 Å². The van der Waals surface area contributed by atoms with E-state index in [1.54, 1.807) is 12.1 Å². The highest BCUT2D eigenvalue weighted by Crippen LogP contribution is 2.11. The number of aliphatic hydroxyl groups excluding tert-OH is 1. The maximum absolute atomic E-state index is 13.2. The van der Waals surface area contributed by atoms with Gasteiger partial charge in [-0.1, -0.05) is 12.1 Å². The Hall–Kier alpha value is -1.66. The van der Waals surface area contributed by atoms with Gasteiger partial charge in [-0.25, -0.2) is 9.18 Å². The monoisotopic (exact) mass is 256 g/mol. The Balaban J connectivity index is 2.28. The molecule has 18 heavy (non-hydrogen) atoms. The van der Waals surface area contributed by atoms with Crippen molar-refractivity contribution in [1.82, 2.24) is 5.32 Å². The highest BCUT2D eigenvalue weighted by molar-refractivity contribution is 5.89. The third-order valence-electron chi connectivity index (χ3n) is 2.24. The minimum atomic E-state index is -0.622. The van der Waals surface area contributed by atoms with Gasteiger partial charge >= 0.3 is 6.03 Å². The molecule has 6 heteroatoms.